The predicted octanol–water partition coefficient (Wildman–Crippen LogP) is 7.35. The lowest BCUT2D eigenvalue weighted by Crippen LogP contribution is -2.44. The van der Waals surface area contributed by atoms with Gasteiger partial charge in [-0.05, 0) is 66.0 Å². The van der Waals surface area contributed by atoms with E-state index in [0.29, 0.717) is 12.0 Å². The van der Waals surface area contributed by atoms with Crippen molar-refractivity contribution in [2.24, 2.45) is 0 Å². The first-order chi connectivity index (χ1) is 22.4. The predicted molar refractivity (Wildman–Crippen MR) is 174 cm³/mol. The first-order valence-corrected chi connectivity index (χ1v) is 15.0. The number of aliphatic carboxylic acids is 1. The second kappa shape index (κ2) is 14.6. The third kappa shape index (κ3) is 9.05. The molecule has 47 heavy (non-hydrogen) atoms. The fraction of sp³-hybridized carbons (Fsp3) is 0.250. The van der Waals surface area contributed by atoms with E-state index in [1.807, 2.05) is 60.7 Å². The summed E-state index contributed by atoms with van der Waals surface area (Å²) in [6.07, 6.45) is 3.57. The summed E-state index contributed by atoms with van der Waals surface area (Å²) in [4.78, 5) is 23.8. The Bertz CT molecular complexity index is 1800. The van der Waals surface area contributed by atoms with Crippen LogP contribution in [0.2, 0.25) is 0 Å². The number of H-pyrrole nitrogens is 1. The van der Waals surface area contributed by atoms with Crippen LogP contribution in [0.25, 0.3) is 34.7 Å². The quantitative estimate of drug-likeness (QED) is 0.167. The minimum absolute atomic E-state index is 0.274. The molecular formula is C36H34F3N3O5. The average molecular weight is 646 g/mol. The zero-order valence-corrected chi connectivity index (χ0v) is 25.8. The van der Waals surface area contributed by atoms with Crippen molar-refractivity contribution in [3.05, 3.63) is 113 Å². The lowest BCUT2D eigenvalue weighted by molar-refractivity contribution is -0.192. The van der Waals surface area contributed by atoms with Gasteiger partial charge >= 0.3 is 18.1 Å². The van der Waals surface area contributed by atoms with E-state index in [4.69, 9.17) is 19.4 Å². The van der Waals surface area contributed by atoms with Crippen LogP contribution in [-0.2, 0) is 25.6 Å². The number of nitrogens with one attached hydrogen (secondary N) is 1. The Labute approximate surface area is 269 Å². The van der Waals surface area contributed by atoms with Crippen LogP contribution in [0.3, 0.4) is 0 Å². The van der Waals surface area contributed by atoms with Crippen molar-refractivity contribution in [3.63, 3.8) is 0 Å². The molecule has 2 aliphatic heterocycles. The van der Waals surface area contributed by atoms with E-state index < -0.39 is 12.1 Å². The average Bonchev–Trinajstić information content (AvgIpc) is 3.44. The minimum atomic E-state index is -5.08. The fourth-order valence-electron chi connectivity index (χ4n) is 5.51. The number of fused-ring (bicyclic) bond motifs is 1. The molecule has 0 bridgehead atoms. The highest BCUT2D eigenvalue weighted by Gasteiger charge is 2.38. The molecule has 0 amide bonds. The molecule has 11 heteroatoms. The van der Waals surface area contributed by atoms with E-state index >= 15 is 0 Å². The summed E-state index contributed by atoms with van der Waals surface area (Å²) >= 11 is 0. The van der Waals surface area contributed by atoms with Gasteiger partial charge in [-0.15, -0.1) is 0 Å². The van der Waals surface area contributed by atoms with E-state index in [9.17, 15) is 18.0 Å². The number of hydrogen-bond donors (Lipinski definition) is 2. The number of halogens is 3. The number of aromatic amines is 1. The molecule has 3 aromatic carbocycles. The topological polar surface area (TPSA) is 105 Å². The zero-order chi connectivity index (χ0) is 33.6. The molecule has 1 fully saturated rings. The zero-order valence-electron chi connectivity index (χ0n) is 25.8. The van der Waals surface area contributed by atoms with Gasteiger partial charge in [0.1, 0.15) is 0 Å². The van der Waals surface area contributed by atoms with Gasteiger partial charge in [0.05, 0.1) is 29.7 Å². The van der Waals surface area contributed by atoms with Crippen LogP contribution < -0.4 is 0 Å². The molecule has 1 saturated heterocycles. The third-order valence-electron chi connectivity index (χ3n) is 7.61. The van der Waals surface area contributed by atoms with Crippen LogP contribution in [0.5, 0.6) is 0 Å². The Hall–Kier alpha value is -5.00. The number of allylic oxidation sites excluding steroid dienone is 1. The monoisotopic (exact) mass is 645 g/mol. The Balaban J connectivity index is 0.000000559. The normalized spacial score (nSPS) is 19.7. The van der Waals surface area contributed by atoms with Gasteiger partial charge in [-0.2, -0.15) is 18.3 Å². The van der Waals surface area contributed by atoms with E-state index in [1.54, 1.807) is 6.26 Å². The third-order valence-corrected chi connectivity index (χ3v) is 7.61. The number of nitrogens with zero attached hydrogens (tertiary/aromatic N) is 2. The fourth-order valence-corrected chi connectivity index (χ4v) is 5.51. The molecule has 8 nitrogen and oxygen atoms in total. The highest BCUT2D eigenvalue weighted by atomic mass is 19.4. The summed E-state index contributed by atoms with van der Waals surface area (Å²) in [5.74, 6) is -3.07. The van der Waals surface area contributed by atoms with E-state index in [0.717, 1.165) is 58.5 Å². The van der Waals surface area contributed by atoms with Crippen molar-refractivity contribution < 1.29 is 37.3 Å². The van der Waals surface area contributed by atoms with Crippen molar-refractivity contribution >= 4 is 46.6 Å². The number of ether oxygens (including phenoxy) is 2. The number of alkyl halides is 3. The number of esters is 1. The lowest BCUT2D eigenvalue weighted by atomic mass is 9.96. The maximum Gasteiger partial charge on any atom is 0.490 e. The van der Waals surface area contributed by atoms with Gasteiger partial charge in [0.25, 0.3) is 0 Å². The van der Waals surface area contributed by atoms with Gasteiger partial charge in [0, 0.05) is 37.0 Å². The first kappa shape index (κ1) is 33.4. The van der Waals surface area contributed by atoms with Gasteiger partial charge < -0.3 is 14.6 Å². The highest BCUT2D eigenvalue weighted by Crippen LogP contribution is 2.29. The Kier molecular flexibility index (Phi) is 10.4. The summed E-state index contributed by atoms with van der Waals surface area (Å²) in [5, 5.41) is 15.8. The van der Waals surface area contributed by atoms with E-state index in [1.165, 1.54) is 5.56 Å². The number of hydrogen-bond acceptors (Lipinski definition) is 6. The highest BCUT2D eigenvalue weighted by molar-refractivity contribution is 5.99. The number of carboxylic acids is 1. The first-order valence-electron chi connectivity index (χ1n) is 15.0. The molecular weight excluding hydrogens is 611 g/mol. The number of aromatic nitrogens is 2. The van der Waals surface area contributed by atoms with E-state index in [2.05, 4.69) is 59.3 Å². The van der Waals surface area contributed by atoms with Gasteiger partial charge in [0.15, 0.2) is 0 Å². The van der Waals surface area contributed by atoms with Crippen LogP contribution in [0, 0.1) is 0 Å². The molecule has 2 aliphatic rings. The molecule has 0 saturated carbocycles. The summed E-state index contributed by atoms with van der Waals surface area (Å²) in [6, 6.07) is 24.8. The van der Waals surface area contributed by atoms with Gasteiger partial charge in [-0.3, -0.25) is 10.00 Å². The van der Waals surface area contributed by atoms with Crippen molar-refractivity contribution in [3.8, 4) is 0 Å². The van der Waals surface area contributed by atoms with Crippen LogP contribution in [0.1, 0.15) is 48.2 Å². The Morgan fingerprint density at radius 3 is 2.32 bits per heavy atom. The van der Waals surface area contributed by atoms with E-state index in [-0.39, 0.29) is 18.2 Å². The number of carbonyl (C=O) groups is 2. The number of cyclic esters (lactones) is 1. The summed E-state index contributed by atoms with van der Waals surface area (Å²) in [6.45, 7) is 7.14. The van der Waals surface area contributed by atoms with Crippen LogP contribution in [0.15, 0.2) is 84.6 Å². The maximum absolute atomic E-state index is 12.4. The molecule has 2 N–H and O–H groups in total. The maximum atomic E-state index is 12.4. The molecule has 0 aliphatic carbocycles. The van der Waals surface area contributed by atoms with Crippen molar-refractivity contribution in [2.45, 2.75) is 45.2 Å². The Morgan fingerprint density at radius 2 is 1.66 bits per heavy atom. The molecule has 0 spiro atoms. The molecule has 2 atom stereocenters. The van der Waals surface area contributed by atoms with Crippen molar-refractivity contribution in [1.29, 1.82) is 0 Å². The summed E-state index contributed by atoms with van der Waals surface area (Å²) in [5.41, 5.74) is 7.81. The van der Waals surface area contributed by atoms with Crippen molar-refractivity contribution in [2.75, 3.05) is 13.1 Å². The number of morpholine rings is 1. The molecule has 4 aromatic rings. The molecule has 244 valence electrons. The number of carbonyl (C=O) groups excluding carboxylic acids is 1. The van der Waals surface area contributed by atoms with Gasteiger partial charge in [0.2, 0.25) is 0 Å². The number of benzene rings is 3. The standard InChI is InChI=1S/C34H33N3O3.C2HF3O2/c1-23-19-37(20-24(2)40-23)21-26-10-8-25(9-11-26)13-15-32-31-14-12-27(17-33(31)36-35-32)16-29-18-30(22-39-34(29)38)28-6-4-3-5-7-28;3-2(4,5)1(6)7/h3-17,22-24H,18-21H2,1-2H3,(H,35,36);(H,6,7)/b15-13+,29-16+;/t23-,24+;. The largest absolute Gasteiger partial charge is 0.490 e. The second-order valence-corrected chi connectivity index (χ2v) is 11.5. The molecule has 6 rings (SSSR count). The lowest BCUT2D eigenvalue weighted by Gasteiger charge is -2.35. The minimum Gasteiger partial charge on any atom is -0.475 e. The summed E-state index contributed by atoms with van der Waals surface area (Å²) in [7, 11) is 0. The summed E-state index contributed by atoms with van der Waals surface area (Å²) < 4.78 is 42.9. The Morgan fingerprint density at radius 1 is 1.00 bits per heavy atom. The van der Waals surface area contributed by atoms with Gasteiger partial charge in [-0.1, -0.05) is 66.7 Å². The SMILES string of the molecule is C[C@@H]1CN(Cc2ccc(/C=C/c3n[nH]c4cc(/C=C5\CC(c6ccccc6)=COC5=O)ccc34)cc2)C[C@H](C)O1.O=C(O)C(F)(F)F. The van der Waals surface area contributed by atoms with Crippen LogP contribution >= 0.6 is 0 Å². The number of rotatable bonds is 6. The van der Waals surface area contributed by atoms with Gasteiger partial charge in [-0.25, -0.2) is 9.59 Å². The van der Waals surface area contributed by atoms with Crippen LogP contribution in [0.4, 0.5) is 13.2 Å². The molecule has 0 radical (unpaired) electrons. The molecule has 3 heterocycles. The second-order valence-electron chi connectivity index (χ2n) is 11.5. The van der Waals surface area contributed by atoms with Crippen LogP contribution in [-0.4, -0.2) is 63.6 Å². The number of carboxylic acid groups (broad SMARTS) is 1. The van der Waals surface area contributed by atoms with Crippen molar-refractivity contribution in [1.82, 2.24) is 15.1 Å². The molecule has 0 unspecified atom stereocenters. The smallest absolute Gasteiger partial charge is 0.475 e. The molecule has 1 aromatic heterocycles.